The van der Waals surface area contributed by atoms with E-state index >= 15 is 0 Å². The Labute approximate surface area is 106 Å². The first-order valence-corrected chi connectivity index (χ1v) is 5.71. The van der Waals surface area contributed by atoms with Crippen molar-refractivity contribution in [3.8, 4) is 0 Å². The van der Waals surface area contributed by atoms with E-state index in [1.807, 2.05) is 24.3 Å². The Morgan fingerprint density at radius 2 is 1.94 bits per heavy atom. The van der Waals surface area contributed by atoms with Crippen LogP contribution in [0.5, 0.6) is 0 Å². The Kier molecular flexibility index (Phi) is 3.21. The SMILES string of the molecule is CC(=O)OC1(N)C=CC=CC1c1ccc(N)cc1. The standard InChI is InChI=1S/C14H16N2O2/c1-10(17)18-14(16)9-3-2-4-13(14)11-5-7-12(15)8-6-11/h2-9,13H,15-16H2,1H3. The second-order valence-electron chi connectivity index (χ2n) is 4.34. The second-order valence-corrected chi connectivity index (χ2v) is 4.34. The molecule has 1 aliphatic carbocycles. The van der Waals surface area contributed by atoms with E-state index < -0.39 is 11.7 Å². The zero-order valence-electron chi connectivity index (χ0n) is 10.2. The second kappa shape index (κ2) is 4.66. The first-order valence-electron chi connectivity index (χ1n) is 5.71. The largest absolute Gasteiger partial charge is 0.440 e. The van der Waals surface area contributed by atoms with Crippen LogP contribution in [0.25, 0.3) is 0 Å². The van der Waals surface area contributed by atoms with Crippen LogP contribution in [0.1, 0.15) is 18.4 Å². The fourth-order valence-corrected chi connectivity index (χ4v) is 2.06. The quantitative estimate of drug-likeness (QED) is 0.471. The van der Waals surface area contributed by atoms with Crippen molar-refractivity contribution in [1.82, 2.24) is 0 Å². The monoisotopic (exact) mass is 244 g/mol. The molecule has 2 atom stereocenters. The van der Waals surface area contributed by atoms with E-state index in [0.29, 0.717) is 5.69 Å². The Hall–Kier alpha value is -2.07. The summed E-state index contributed by atoms with van der Waals surface area (Å²) in [6.45, 7) is 1.35. The first-order chi connectivity index (χ1) is 8.51. The first kappa shape index (κ1) is 12.4. The number of hydrogen-bond donors (Lipinski definition) is 2. The van der Waals surface area contributed by atoms with Gasteiger partial charge in [0.25, 0.3) is 0 Å². The van der Waals surface area contributed by atoms with Crippen molar-refractivity contribution in [3.63, 3.8) is 0 Å². The molecule has 0 radical (unpaired) electrons. The molecule has 2 rings (SSSR count). The number of nitrogens with two attached hydrogens (primary N) is 2. The highest BCUT2D eigenvalue weighted by molar-refractivity contribution is 5.67. The van der Waals surface area contributed by atoms with Gasteiger partial charge in [0.05, 0.1) is 5.92 Å². The third kappa shape index (κ3) is 2.43. The van der Waals surface area contributed by atoms with Crippen molar-refractivity contribution >= 4 is 11.7 Å². The molecule has 2 unspecified atom stereocenters. The minimum atomic E-state index is -1.14. The van der Waals surface area contributed by atoms with Gasteiger partial charge < -0.3 is 10.5 Å². The minimum absolute atomic E-state index is 0.216. The number of carbonyl (C=O) groups excluding carboxylic acids is 1. The number of allylic oxidation sites excluding steroid dienone is 2. The van der Waals surface area contributed by atoms with E-state index in [9.17, 15) is 4.79 Å². The Morgan fingerprint density at radius 3 is 2.56 bits per heavy atom. The molecule has 0 saturated carbocycles. The predicted octanol–water partition coefficient (Wildman–Crippen LogP) is 1.70. The minimum Gasteiger partial charge on any atom is -0.440 e. The maximum Gasteiger partial charge on any atom is 0.304 e. The van der Waals surface area contributed by atoms with E-state index in [2.05, 4.69) is 0 Å². The molecule has 1 aromatic rings. The summed E-state index contributed by atoms with van der Waals surface area (Å²) in [5.74, 6) is -0.620. The Morgan fingerprint density at radius 1 is 1.28 bits per heavy atom. The highest BCUT2D eigenvalue weighted by Gasteiger charge is 2.36. The molecule has 0 bridgehead atoms. The van der Waals surface area contributed by atoms with Crippen LogP contribution in [-0.4, -0.2) is 11.7 Å². The van der Waals surface area contributed by atoms with Gasteiger partial charge in [-0.25, -0.2) is 0 Å². The fraction of sp³-hybridized carbons (Fsp3) is 0.214. The van der Waals surface area contributed by atoms with E-state index in [1.165, 1.54) is 6.92 Å². The molecule has 0 aromatic heterocycles. The van der Waals surface area contributed by atoms with E-state index in [1.54, 1.807) is 24.3 Å². The topological polar surface area (TPSA) is 78.3 Å². The van der Waals surface area contributed by atoms with Gasteiger partial charge in [-0.3, -0.25) is 10.5 Å². The Balaban J connectivity index is 2.34. The van der Waals surface area contributed by atoms with Crippen LogP contribution in [0.15, 0.2) is 48.6 Å². The molecule has 4 N–H and O–H groups in total. The molecule has 0 saturated heterocycles. The van der Waals surface area contributed by atoms with Crippen LogP contribution >= 0.6 is 0 Å². The van der Waals surface area contributed by atoms with Crippen molar-refractivity contribution in [2.24, 2.45) is 5.73 Å². The van der Waals surface area contributed by atoms with Gasteiger partial charge in [0, 0.05) is 12.6 Å². The summed E-state index contributed by atoms with van der Waals surface area (Å²) in [6, 6.07) is 7.37. The van der Waals surface area contributed by atoms with Gasteiger partial charge in [0.1, 0.15) is 0 Å². The number of nitrogen functional groups attached to an aromatic ring is 1. The van der Waals surface area contributed by atoms with Gasteiger partial charge in [0.2, 0.25) is 0 Å². The smallest absolute Gasteiger partial charge is 0.304 e. The van der Waals surface area contributed by atoms with Gasteiger partial charge in [0.15, 0.2) is 5.72 Å². The normalized spacial score (nSPS) is 26.0. The zero-order valence-corrected chi connectivity index (χ0v) is 10.2. The Bertz CT molecular complexity index is 505. The van der Waals surface area contributed by atoms with Crippen LogP contribution in [-0.2, 0) is 9.53 Å². The summed E-state index contributed by atoms with van der Waals surface area (Å²) < 4.78 is 5.25. The summed E-state index contributed by atoms with van der Waals surface area (Å²) in [7, 11) is 0. The lowest BCUT2D eigenvalue weighted by Crippen LogP contribution is -2.48. The molecule has 4 nitrogen and oxygen atoms in total. The van der Waals surface area contributed by atoms with Crippen LogP contribution in [0.2, 0.25) is 0 Å². The van der Waals surface area contributed by atoms with E-state index in [-0.39, 0.29) is 5.92 Å². The summed E-state index contributed by atoms with van der Waals surface area (Å²) in [5.41, 5.74) is 12.3. The van der Waals surface area contributed by atoms with E-state index in [4.69, 9.17) is 16.2 Å². The summed E-state index contributed by atoms with van der Waals surface area (Å²) in [4.78, 5) is 11.2. The zero-order chi connectivity index (χ0) is 13.2. The van der Waals surface area contributed by atoms with Crippen LogP contribution < -0.4 is 11.5 Å². The maximum atomic E-state index is 11.2. The molecule has 0 heterocycles. The molecule has 4 heteroatoms. The third-order valence-electron chi connectivity index (χ3n) is 2.87. The number of hydrogen-bond acceptors (Lipinski definition) is 4. The molecule has 18 heavy (non-hydrogen) atoms. The van der Waals surface area contributed by atoms with Gasteiger partial charge in [-0.05, 0) is 23.8 Å². The molecule has 1 aromatic carbocycles. The van der Waals surface area contributed by atoms with Gasteiger partial charge >= 0.3 is 5.97 Å². The number of benzene rings is 1. The molecular weight excluding hydrogens is 228 g/mol. The number of anilines is 1. The number of rotatable bonds is 2. The van der Waals surface area contributed by atoms with Gasteiger partial charge in [-0.2, -0.15) is 0 Å². The van der Waals surface area contributed by atoms with Crippen molar-refractivity contribution in [2.45, 2.75) is 18.6 Å². The predicted molar refractivity (Wildman–Crippen MR) is 70.6 cm³/mol. The van der Waals surface area contributed by atoms with Crippen molar-refractivity contribution in [1.29, 1.82) is 0 Å². The lowest BCUT2D eigenvalue weighted by Gasteiger charge is -2.34. The van der Waals surface area contributed by atoms with Crippen LogP contribution in [0.3, 0.4) is 0 Å². The highest BCUT2D eigenvalue weighted by atomic mass is 16.6. The average molecular weight is 244 g/mol. The van der Waals surface area contributed by atoms with Gasteiger partial charge in [-0.15, -0.1) is 0 Å². The van der Waals surface area contributed by atoms with Crippen molar-refractivity contribution in [3.05, 3.63) is 54.1 Å². The highest BCUT2D eigenvalue weighted by Crippen LogP contribution is 2.33. The van der Waals surface area contributed by atoms with Crippen LogP contribution in [0.4, 0.5) is 5.69 Å². The summed E-state index contributed by atoms with van der Waals surface area (Å²) >= 11 is 0. The average Bonchev–Trinajstić information content (AvgIpc) is 2.29. The fourth-order valence-electron chi connectivity index (χ4n) is 2.06. The number of ether oxygens (including phenoxy) is 1. The van der Waals surface area contributed by atoms with Crippen LogP contribution in [0, 0.1) is 0 Å². The third-order valence-corrected chi connectivity index (χ3v) is 2.87. The lowest BCUT2D eigenvalue weighted by molar-refractivity contribution is -0.153. The maximum absolute atomic E-state index is 11.2. The molecule has 0 amide bonds. The molecule has 94 valence electrons. The number of esters is 1. The summed E-state index contributed by atoms with van der Waals surface area (Å²) in [6.07, 6.45) is 7.26. The lowest BCUT2D eigenvalue weighted by atomic mass is 9.85. The molecule has 0 spiro atoms. The van der Waals surface area contributed by atoms with Crippen molar-refractivity contribution < 1.29 is 9.53 Å². The molecule has 1 aliphatic rings. The van der Waals surface area contributed by atoms with Crippen molar-refractivity contribution in [2.75, 3.05) is 5.73 Å². The van der Waals surface area contributed by atoms with Gasteiger partial charge in [-0.1, -0.05) is 30.4 Å². The molecule has 0 aliphatic heterocycles. The van der Waals surface area contributed by atoms with E-state index in [0.717, 1.165) is 5.56 Å². The number of carbonyl (C=O) groups is 1. The molecule has 0 fully saturated rings. The summed E-state index contributed by atoms with van der Waals surface area (Å²) in [5, 5.41) is 0. The molecular formula is C14H16N2O2.